The first kappa shape index (κ1) is 14.0. The topological polar surface area (TPSA) is 72.6 Å². The van der Waals surface area contributed by atoms with Gasteiger partial charge in [-0.3, -0.25) is 10.1 Å². The monoisotopic (exact) mass is 273 g/mol. The molecule has 0 saturated heterocycles. The fraction of sp³-hybridized carbons (Fsp3) is 0.200. The molecule has 0 fully saturated rings. The van der Waals surface area contributed by atoms with E-state index >= 15 is 0 Å². The van der Waals surface area contributed by atoms with Gasteiger partial charge in [0.1, 0.15) is 5.75 Å². The largest absolute Gasteiger partial charge is 0.450 e. The molecule has 0 saturated carbocycles. The van der Waals surface area contributed by atoms with Crippen molar-refractivity contribution in [2.24, 2.45) is 0 Å². The van der Waals surface area contributed by atoms with Crippen molar-refractivity contribution in [2.75, 3.05) is 0 Å². The van der Waals surface area contributed by atoms with E-state index in [0.717, 1.165) is 5.56 Å². The molecule has 0 radical (unpaired) electrons. The van der Waals surface area contributed by atoms with Gasteiger partial charge in [-0.05, 0) is 37.1 Å². The number of benzene rings is 2. The van der Waals surface area contributed by atoms with E-state index in [0.29, 0.717) is 11.3 Å². The van der Waals surface area contributed by atoms with Gasteiger partial charge in [0, 0.05) is 6.07 Å². The zero-order chi connectivity index (χ0) is 14.7. The molecular formula is C15H15NO4. The molecule has 2 rings (SSSR count). The minimum absolute atomic E-state index is 0.0652. The highest BCUT2D eigenvalue weighted by atomic mass is 16.6. The highest BCUT2D eigenvalue weighted by Gasteiger charge is 2.17. The van der Waals surface area contributed by atoms with Gasteiger partial charge in [0.05, 0.1) is 11.0 Å². The van der Waals surface area contributed by atoms with Crippen LogP contribution < -0.4 is 4.74 Å². The number of aliphatic hydroxyl groups excluding tert-OH is 1. The summed E-state index contributed by atoms with van der Waals surface area (Å²) < 4.78 is 5.61. The molecule has 0 aliphatic heterocycles. The molecule has 5 heteroatoms. The van der Waals surface area contributed by atoms with E-state index in [1.54, 1.807) is 50.2 Å². The Hall–Kier alpha value is -2.40. The van der Waals surface area contributed by atoms with Crippen LogP contribution in [0.25, 0.3) is 0 Å². The van der Waals surface area contributed by atoms with Crippen molar-refractivity contribution < 1.29 is 14.8 Å². The lowest BCUT2D eigenvalue weighted by Gasteiger charge is -2.10. The van der Waals surface area contributed by atoms with E-state index in [1.165, 1.54) is 6.07 Å². The van der Waals surface area contributed by atoms with Crippen molar-refractivity contribution in [3.8, 4) is 11.5 Å². The first-order valence-corrected chi connectivity index (χ1v) is 6.19. The van der Waals surface area contributed by atoms with E-state index in [2.05, 4.69) is 0 Å². The minimum Gasteiger partial charge on any atom is -0.450 e. The Kier molecular flexibility index (Phi) is 4.00. The second-order valence-electron chi connectivity index (χ2n) is 4.53. The Bertz CT molecular complexity index is 620. The van der Waals surface area contributed by atoms with E-state index in [1.807, 2.05) is 0 Å². The summed E-state index contributed by atoms with van der Waals surface area (Å²) in [5, 5.41) is 20.4. The number of rotatable bonds is 4. The van der Waals surface area contributed by atoms with Crippen LogP contribution in [0.2, 0.25) is 0 Å². The number of aliphatic hydroxyl groups is 1. The van der Waals surface area contributed by atoms with Crippen LogP contribution in [0, 0.1) is 17.0 Å². The second-order valence-corrected chi connectivity index (χ2v) is 4.53. The van der Waals surface area contributed by atoms with Crippen LogP contribution in [-0.2, 0) is 0 Å². The molecule has 0 unspecified atom stereocenters. The summed E-state index contributed by atoms with van der Waals surface area (Å²) in [7, 11) is 0. The van der Waals surface area contributed by atoms with Gasteiger partial charge in [-0.25, -0.2) is 0 Å². The lowest BCUT2D eigenvalue weighted by atomic mass is 10.1. The molecule has 0 aromatic heterocycles. The second kappa shape index (κ2) is 5.71. The van der Waals surface area contributed by atoms with Crippen LogP contribution in [0.5, 0.6) is 11.5 Å². The SMILES string of the molecule is Cc1cccc([N+](=O)[O-])c1Oc1ccc([C@@H](C)O)cc1. The number of hydrogen-bond donors (Lipinski definition) is 1. The Balaban J connectivity index is 2.32. The Labute approximate surface area is 116 Å². The summed E-state index contributed by atoms with van der Waals surface area (Å²) in [4.78, 5) is 10.5. The summed E-state index contributed by atoms with van der Waals surface area (Å²) in [6.07, 6.45) is -0.558. The van der Waals surface area contributed by atoms with Crippen LogP contribution in [-0.4, -0.2) is 10.0 Å². The quantitative estimate of drug-likeness (QED) is 0.680. The predicted molar refractivity (Wildman–Crippen MR) is 75.0 cm³/mol. The maximum Gasteiger partial charge on any atom is 0.311 e. The van der Waals surface area contributed by atoms with Gasteiger partial charge in [-0.1, -0.05) is 24.3 Å². The fourth-order valence-electron chi connectivity index (χ4n) is 1.85. The van der Waals surface area contributed by atoms with E-state index in [-0.39, 0.29) is 11.4 Å². The van der Waals surface area contributed by atoms with E-state index < -0.39 is 11.0 Å². The fourth-order valence-corrected chi connectivity index (χ4v) is 1.85. The van der Waals surface area contributed by atoms with E-state index in [9.17, 15) is 15.2 Å². The molecule has 0 aliphatic rings. The number of aryl methyl sites for hydroxylation is 1. The first-order valence-electron chi connectivity index (χ1n) is 6.19. The van der Waals surface area contributed by atoms with Crippen molar-refractivity contribution >= 4 is 5.69 Å². The molecule has 20 heavy (non-hydrogen) atoms. The average Bonchev–Trinajstić information content (AvgIpc) is 2.41. The zero-order valence-electron chi connectivity index (χ0n) is 11.2. The van der Waals surface area contributed by atoms with Crippen LogP contribution in [0.15, 0.2) is 42.5 Å². The summed E-state index contributed by atoms with van der Waals surface area (Å²) in [5.41, 5.74) is 1.39. The molecule has 5 nitrogen and oxygen atoms in total. The zero-order valence-corrected chi connectivity index (χ0v) is 11.2. The van der Waals surface area contributed by atoms with Gasteiger partial charge >= 0.3 is 5.69 Å². The third kappa shape index (κ3) is 2.95. The van der Waals surface area contributed by atoms with Crippen molar-refractivity contribution in [1.29, 1.82) is 0 Å². The predicted octanol–water partition coefficient (Wildman–Crippen LogP) is 3.75. The third-order valence-electron chi connectivity index (χ3n) is 2.97. The Morgan fingerprint density at radius 2 is 1.85 bits per heavy atom. The first-order chi connectivity index (χ1) is 9.49. The molecule has 104 valence electrons. The smallest absolute Gasteiger partial charge is 0.311 e. The third-order valence-corrected chi connectivity index (χ3v) is 2.97. The van der Waals surface area contributed by atoms with Crippen LogP contribution in [0.3, 0.4) is 0 Å². The molecule has 1 atom stereocenters. The number of nitro groups is 1. The Morgan fingerprint density at radius 3 is 2.40 bits per heavy atom. The van der Waals surface area contributed by atoms with Crippen LogP contribution >= 0.6 is 0 Å². The average molecular weight is 273 g/mol. The van der Waals surface area contributed by atoms with Gasteiger partial charge < -0.3 is 9.84 Å². The van der Waals surface area contributed by atoms with Gasteiger partial charge in [0.2, 0.25) is 5.75 Å². The highest BCUT2D eigenvalue weighted by molar-refractivity contribution is 5.53. The van der Waals surface area contributed by atoms with Crippen molar-refractivity contribution in [3.05, 3.63) is 63.7 Å². The summed E-state index contributed by atoms with van der Waals surface area (Å²) >= 11 is 0. The molecule has 0 heterocycles. The van der Waals surface area contributed by atoms with E-state index in [4.69, 9.17) is 4.74 Å². The Morgan fingerprint density at radius 1 is 1.20 bits per heavy atom. The molecule has 1 N–H and O–H groups in total. The molecule has 0 amide bonds. The maximum atomic E-state index is 11.0. The minimum atomic E-state index is -0.558. The van der Waals surface area contributed by atoms with Crippen LogP contribution in [0.1, 0.15) is 24.2 Å². The molecular weight excluding hydrogens is 258 g/mol. The lowest BCUT2D eigenvalue weighted by Crippen LogP contribution is -1.96. The molecule has 0 bridgehead atoms. The molecule has 0 aliphatic carbocycles. The van der Waals surface area contributed by atoms with Crippen molar-refractivity contribution in [1.82, 2.24) is 0 Å². The molecule has 0 spiro atoms. The highest BCUT2D eigenvalue weighted by Crippen LogP contribution is 2.34. The summed E-state index contributed by atoms with van der Waals surface area (Å²) in [6.45, 7) is 3.43. The number of para-hydroxylation sites is 1. The van der Waals surface area contributed by atoms with Gasteiger partial charge in [0.15, 0.2) is 0 Å². The number of nitro benzene ring substituents is 1. The van der Waals surface area contributed by atoms with Gasteiger partial charge in [0.25, 0.3) is 0 Å². The van der Waals surface area contributed by atoms with Crippen molar-refractivity contribution in [3.63, 3.8) is 0 Å². The maximum absolute atomic E-state index is 11.0. The van der Waals surface area contributed by atoms with Crippen molar-refractivity contribution in [2.45, 2.75) is 20.0 Å². The number of hydrogen-bond acceptors (Lipinski definition) is 4. The van der Waals surface area contributed by atoms with Gasteiger partial charge in [-0.15, -0.1) is 0 Å². The van der Waals surface area contributed by atoms with Crippen LogP contribution in [0.4, 0.5) is 5.69 Å². The normalized spacial score (nSPS) is 11.9. The molecule has 2 aromatic rings. The lowest BCUT2D eigenvalue weighted by molar-refractivity contribution is -0.385. The summed E-state index contributed by atoms with van der Waals surface area (Å²) in [6, 6.07) is 11.6. The standard InChI is InChI=1S/C15H15NO4/c1-10-4-3-5-14(16(18)19)15(10)20-13-8-6-12(7-9-13)11(2)17/h3-9,11,17H,1-2H3/t11-/m1/s1. The number of ether oxygens (including phenoxy) is 1. The molecule has 2 aromatic carbocycles. The summed E-state index contributed by atoms with van der Waals surface area (Å²) in [5.74, 6) is 0.731. The van der Waals surface area contributed by atoms with Gasteiger partial charge in [-0.2, -0.15) is 0 Å². The number of nitrogens with zero attached hydrogens (tertiary/aromatic N) is 1.